The second-order valence-corrected chi connectivity index (χ2v) is 11.5. The van der Waals surface area contributed by atoms with Gasteiger partial charge in [0, 0.05) is 23.9 Å². The number of pyridine rings is 1. The number of hydrogen-bond donors (Lipinski definition) is 0. The van der Waals surface area contributed by atoms with Gasteiger partial charge in [-0.05, 0) is 56.0 Å². The van der Waals surface area contributed by atoms with E-state index in [1.807, 2.05) is 6.07 Å². The maximum Gasteiger partial charge on any atom is 0.206 e. The first kappa shape index (κ1) is 21.0. The quantitative estimate of drug-likeness (QED) is 0.557. The first-order valence-corrected chi connectivity index (χ1v) is 12.3. The van der Waals surface area contributed by atoms with Crippen molar-refractivity contribution in [2.75, 3.05) is 0 Å². The molecule has 0 bridgehead atoms. The predicted octanol–water partition coefficient (Wildman–Crippen LogP) is 5.45. The molecule has 30 heavy (non-hydrogen) atoms. The van der Waals surface area contributed by atoms with Crippen molar-refractivity contribution in [3.05, 3.63) is 48.0 Å². The fourth-order valence-corrected chi connectivity index (χ4v) is 5.84. The van der Waals surface area contributed by atoms with Crippen LogP contribution in [0.4, 0.5) is 0 Å². The van der Waals surface area contributed by atoms with E-state index in [1.54, 1.807) is 31.2 Å². The van der Waals surface area contributed by atoms with Gasteiger partial charge < -0.3 is 4.57 Å². The van der Waals surface area contributed by atoms with Crippen molar-refractivity contribution >= 4 is 20.9 Å². The molecule has 1 saturated carbocycles. The van der Waals surface area contributed by atoms with Crippen LogP contribution in [0.3, 0.4) is 0 Å². The molecule has 0 N–H and O–H groups in total. The second-order valence-electron chi connectivity index (χ2n) is 9.59. The monoisotopic (exact) mass is 425 g/mol. The molecule has 0 unspecified atom stereocenters. The number of imidazole rings is 1. The van der Waals surface area contributed by atoms with Crippen molar-refractivity contribution in [1.82, 2.24) is 14.5 Å². The van der Waals surface area contributed by atoms with E-state index in [4.69, 9.17) is 4.98 Å². The Hall–Kier alpha value is -2.21. The summed E-state index contributed by atoms with van der Waals surface area (Å²) in [5.74, 6) is 1.69. The van der Waals surface area contributed by atoms with Gasteiger partial charge in [0.05, 0.1) is 20.8 Å². The van der Waals surface area contributed by atoms with Gasteiger partial charge in [0.25, 0.3) is 0 Å². The number of hydrogen-bond acceptors (Lipinski definition) is 4. The minimum atomic E-state index is -3.61. The molecule has 2 heterocycles. The average Bonchev–Trinajstić information content (AvgIpc) is 3.07. The first-order valence-electron chi connectivity index (χ1n) is 10.8. The van der Waals surface area contributed by atoms with E-state index >= 15 is 0 Å². The minimum Gasteiger partial charge on any atom is -0.327 e. The van der Waals surface area contributed by atoms with Crippen molar-refractivity contribution in [1.29, 1.82) is 0 Å². The molecular weight excluding hydrogens is 394 g/mol. The summed E-state index contributed by atoms with van der Waals surface area (Å²) in [5, 5.41) is 0. The lowest BCUT2D eigenvalue weighted by molar-refractivity contribution is 0.313. The molecule has 0 spiro atoms. The normalized spacial score (nSPS) is 16.3. The Morgan fingerprint density at radius 3 is 2.40 bits per heavy atom. The maximum atomic E-state index is 13.2. The lowest BCUT2D eigenvalue weighted by Gasteiger charge is -2.26. The van der Waals surface area contributed by atoms with Gasteiger partial charge in [-0.25, -0.2) is 13.4 Å². The highest BCUT2D eigenvalue weighted by atomic mass is 32.2. The lowest BCUT2D eigenvalue weighted by atomic mass is 9.88. The molecule has 0 amide bonds. The van der Waals surface area contributed by atoms with Crippen LogP contribution in [0, 0.1) is 12.8 Å². The molecule has 0 atom stereocenters. The van der Waals surface area contributed by atoms with Crippen molar-refractivity contribution < 1.29 is 8.42 Å². The molecule has 4 rings (SSSR count). The van der Waals surface area contributed by atoms with Crippen LogP contribution in [-0.2, 0) is 21.8 Å². The van der Waals surface area contributed by atoms with Gasteiger partial charge in [0.1, 0.15) is 5.82 Å². The van der Waals surface area contributed by atoms with E-state index in [1.165, 1.54) is 38.3 Å². The number of benzene rings is 1. The summed E-state index contributed by atoms with van der Waals surface area (Å²) in [6, 6.07) is 8.55. The van der Waals surface area contributed by atoms with Crippen molar-refractivity contribution in [3.8, 4) is 0 Å². The third kappa shape index (κ3) is 4.02. The van der Waals surface area contributed by atoms with Crippen molar-refractivity contribution in [3.63, 3.8) is 0 Å². The summed E-state index contributed by atoms with van der Waals surface area (Å²) in [7, 11) is -3.61. The molecule has 1 aliphatic carbocycles. The summed E-state index contributed by atoms with van der Waals surface area (Å²) >= 11 is 0. The minimum absolute atomic E-state index is 0.116. The van der Waals surface area contributed by atoms with E-state index in [-0.39, 0.29) is 15.2 Å². The Balaban J connectivity index is 1.80. The van der Waals surface area contributed by atoms with Crippen LogP contribution in [0.1, 0.15) is 64.4 Å². The van der Waals surface area contributed by atoms with Crippen LogP contribution in [0.2, 0.25) is 0 Å². The first-order chi connectivity index (χ1) is 14.2. The Kier molecular flexibility index (Phi) is 5.47. The largest absolute Gasteiger partial charge is 0.327 e. The smallest absolute Gasteiger partial charge is 0.206 e. The van der Waals surface area contributed by atoms with Crippen LogP contribution in [-0.4, -0.2) is 23.0 Å². The van der Waals surface area contributed by atoms with Crippen LogP contribution < -0.4 is 0 Å². The molecule has 3 aromatic rings. The molecule has 5 nitrogen and oxygen atoms in total. The van der Waals surface area contributed by atoms with Crippen molar-refractivity contribution in [2.45, 2.75) is 81.5 Å². The van der Waals surface area contributed by atoms with Crippen molar-refractivity contribution in [2.24, 2.45) is 5.92 Å². The molecule has 160 valence electrons. The number of aryl methyl sites for hydroxylation is 1. The highest BCUT2D eigenvalue weighted by Gasteiger charge is 2.26. The van der Waals surface area contributed by atoms with Gasteiger partial charge in [-0.3, -0.25) is 4.98 Å². The third-order valence-corrected chi connectivity index (χ3v) is 7.79. The molecule has 6 heteroatoms. The SMILES string of the molecule is Cc1cc(S(=O)(=O)c2ccc3c(c2)nc(C(C)(C)C)n3CC2CCCCC2)ccn1. The fourth-order valence-electron chi connectivity index (χ4n) is 4.48. The van der Waals surface area contributed by atoms with Gasteiger partial charge in [0.2, 0.25) is 9.84 Å². The summed E-state index contributed by atoms with van der Waals surface area (Å²) in [6.45, 7) is 9.26. The summed E-state index contributed by atoms with van der Waals surface area (Å²) in [6.07, 6.45) is 8.00. The number of nitrogens with zero attached hydrogens (tertiary/aromatic N) is 3. The molecule has 1 fully saturated rings. The Labute approximate surface area is 179 Å². The van der Waals surface area contributed by atoms with Gasteiger partial charge in [-0.1, -0.05) is 40.0 Å². The highest BCUT2D eigenvalue weighted by Crippen LogP contribution is 2.33. The summed E-state index contributed by atoms with van der Waals surface area (Å²) in [5.41, 5.74) is 2.34. The van der Waals surface area contributed by atoms with Gasteiger partial charge in [-0.2, -0.15) is 0 Å². The van der Waals surface area contributed by atoms with Crippen LogP contribution in [0.15, 0.2) is 46.3 Å². The van der Waals surface area contributed by atoms with Gasteiger partial charge in [-0.15, -0.1) is 0 Å². The van der Waals surface area contributed by atoms with Crippen LogP contribution in [0.5, 0.6) is 0 Å². The summed E-state index contributed by atoms with van der Waals surface area (Å²) in [4.78, 5) is 9.59. The number of rotatable bonds is 4. The Morgan fingerprint density at radius 2 is 1.73 bits per heavy atom. The number of aromatic nitrogens is 3. The van der Waals surface area contributed by atoms with Gasteiger partial charge in [0.15, 0.2) is 0 Å². The Morgan fingerprint density at radius 1 is 1.03 bits per heavy atom. The standard InChI is InChI=1S/C24H31N3O2S/c1-17-14-20(12-13-25-17)30(28,29)19-10-11-22-21(15-19)26-23(24(2,3)4)27(22)16-18-8-6-5-7-9-18/h10-15,18H,5-9,16H2,1-4H3. The Bertz CT molecular complexity index is 1170. The molecule has 2 aromatic heterocycles. The topological polar surface area (TPSA) is 64.8 Å². The second kappa shape index (κ2) is 7.80. The molecule has 1 aliphatic rings. The molecule has 1 aromatic carbocycles. The molecule has 0 aliphatic heterocycles. The van der Waals surface area contributed by atoms with E-state index < -0.39 is 9.84 Å². The number of sulfone groups is 1. The van der Waals surface area contributed by atoms with Crippen LogP contribution >= 0.6 is 0 Å². The highest BCUT2D eigenvalue weighted by molar-refractivity contribution is 7.91. The van der Waals surface area contributed by atoms with E-state index in [9.17, 15) is 8.42 Å². The average molecular weight is 426 g/mol. The predicted molar refractivity (Wildman–Crippen MR) is 119 cm³/mol. The zero-order valence-corrected chi connectivity index (χ0v) is 19.2. The summed E-state index contributed by atoms with van der Waals surface area (Å²) < 4.78 is 28.7. The lowest BCUT2D eigenvalue weighted by Crippen LogP contribution is -2.22. The third-order valence-electron chi connectivity index (χ3n) is 6.04. The fraction of sp³-hybridized carbons (Fsp3) is 0.500. The van der Waals surface area contributed by atoms with Gasteiger partial charge >= 0.3 is 0 Å². The van der Waals surface area contributed by atoms with E-state index in [2.05, 4.69) is 30.3 Å². The van der Waals surface area contributed by atoms with E-state index in [0.29, 0.717) is 11.6 Å². The molecule has 0 radical (unpaired) electrons. The zero-order valence-electron chi connectivity index (χ0n) is 18.4. The maximum absolute atomic E-state index is 13.2. The zero-order chi connectivity index (χ0) is 21.5. The molecule has 0 saturated heterocycles. The van der Waals surface area contributed by atoms with E-state index in [0.717, 1.165) is 23.4 Å². The molecular formula is C24H31N3O2S. The number of fused-ring (bicyclic) bond motifs is 1. The van der Waals surface area contributed by atoms with Crippen LogP contribution in [0.25, 0.3) is 11.0 Å².